The molecular formula is C11H17N3O2. The molecule has 0 amide bonds. The highest BCUT2D eigenvalue weighted by atomic mass is 16.4. The number of aromatic nitrogens is 2. The van der Waals surface area contributed by atoms with E-state index >= 15 is 0 Å². The fourth-order valence-electron chi connectivity index (χ4n) is 2.25. The molecule has 0 aliphatic carbocycles. The number of carboxylic acid groups (broad SMARTS) is 1. The minimum absolute atomic E-state index is 0.156. The van der Waals surface area contributed by atoms with Crippen molar-refractivity contribution in [3.8, 4) is 0 Å². The first-order valence-corrected chi connectivity index (χ1v) is 5.57. The highest BCUT2D eigenvalue weighted by Crippen LogP contribution is 2.28. The van der Waals surface area contributed by atoms with Crippen LogP contribution in [0.15, 0.2) is 6.07 Å². The summed E-state index contributed by atoms with van der Waals surface area (Å²) in [6, 6.07) is 1.99. The third kappa shape index (κ3) is 1.95. The van der Waals surface area contributed by atoms with Crippen LogP contribution in [-0.2, 0) is 6.54 Å². The SMILES string of the molecule is CN(C)C1CCCCn2nc(C(=O)O)cc21. The lowest BCUT2D eigenvalue weighted by Gasteiger charge is -2.22. The Morgan fingerprint density at radius 2 is 2.31 bits per heavy atom. The average molecular weight is 223 g/mol. The van der Waals surface area contributed by atoms with E-state index in [2.05, 4.69) is 10.00 Å². The van der Waals surface area contributed by atoms with Gasteiger partial charge in [0.15, 0.2) is 5.69 Å². The molecule has 0 fully saturated rings. The summed E-state index contributed by atoms with van der Waals surface area (Å²) in [6.45, 7) is 0.826. The van der Waals surface area contributed by atoms with Crippen LogP contribution in [0.2, 0.25) is 0 Å². The zero-order valence-electron chi connectivity index (χ0n) is 9.68. The second kappa shape index (κ2) is 4.25. The normalized spacial score (nSPS) is 20.6. The van der Waals surface area contributed by atoms with Crippen LogP contribution in [0.4, 0.5) is 0 Å². The Labute approximate surface area is 94.7 Å². The van der Waals surface area contributed by atoms with Gasteiger partial charge in [-0.3, -0.25) is 4.68 Å². The molecule has 5 heteroatoms. The van der Waals surface area contributed by atoms with Gasteiger partial charge in [-0.25, -0.2) is 4.79 Å². The summed E-state index contributed by atoms with van der Waals surface area (Å²) >= 11 is 0. The molecule has 1 N–H and O–H groups in total. The summed E-state index contributed by atoms with van der Waals surface area (Å²) in [6.07, 6.45) is 3.30. The van der Waals surface area contributed by atoms with Gasteiger partial charge in [0.25, 0.3) is 0 Å². The molecule has 5 nitrogen and oxygen atoms in total. The Morgan fingerprint density at radius 1 is 1.56 bits per heavy atom. The van der Waals surface area contributed by atoms with Gasteiger partial charge in [0.2, 0.25) is 0 Å². The number of nitrogens with zero attached hydrogens (tertiary/aromatic N) is 3. The Balaban J connectivity index is 2.39. The van der Waals surface area contributed by atoms with Crippen LogP contribution in [0, 0.1) is 0 Å². The molecule has 1 aromatic rings. The van der Waals surface area contributed by atoms with Crippen molar-refractivity contribution in [1.29, 1.82) is 0 Å². The van der Waals surface area contributed by atoms with Crippen molar-refractivity contribution in [2.45, 2.75) is 31.8 Å². The minimum atomic E-state index is -0.946. The van der Waals surface area contributed by atoms with Crippen molar-refractivity contribution in [1.82, 2.24) is 14.7 Å². The third-order valence-corrected chi connectivity index (χ3v) is 3.09. The number of rotatable bonds is 2. The standard InChI is InChI=1S/C11H17N3O2/c1-13(2)9-5-3-4-6-14-10(9)7-8(12-14)11(15)16/h7,9H,3-6H2,1-2H3,(H,15,16). The topological polar surface area (TPSA) is 58.4 Å². The molecule has 2 heterocycles. The van der Waals surface area contributed by atoms with Crippen LogP contribution in [-0.4, -0.2) is 39.9 Å². The molecule has 0 radical (unpaired) electrons. The second-order valence-corrected chi connectivity index (χ2v) is 4.46. The first-order chi connectivity index (χ1) is 7.59. The monoisotopic (exact) mass is 223 g/mol. The summed E-state index contributed by atoms with van der Waals surface area (Å²) in [5.41, 5.74) is 1.18. The predicted molar refractivity (Wildman–Crippen MR) is 59.5 cm³/mol. The van der Waals surface area contributed by atoms with Gasteiger partial charge in [0.1, 0.15) is 0 Å². The van der Waals surface area contributed by atoms with E-state index in [1.54, 1.807) is 6.07 Å². The van der Waals surface area contributed by atoms with Gasteiger partial charge in [-0.15, -0.1) is 0 Å². The van der Waals surface area contributed by atoms with E-state index in [-0.39, 0.29) is 11.7 Å². The van der Waals surface area contributed by atoms with E-state index in [4.69, 9.17) is 5.11 Å². The van der Waals surface area contributed by atoms with Crippen molar-refractivity contribution >= 4 is 5.97 Å². The van der Waals surface area contributed by atoms with E-state index in [0.717, 1.165) is 31.5 Å². The summed E-state index contributed by atoms with van der Waals surface area (Å²) < 4.78 is 1.85. The van der Waals surface area contributed by atoms with Crippen molar-refractivity contribution in [2.24, 2.45) is 0 Å². The maximum atomic E-state index is 10.9. The summed E-state index contributed by atoms with van der Waals surface area (Å²) in [5.74, 6) is -0.946. The maximum absolute atomic E-state index is 10.9. The molecule has 0 saturated heterocycles. The van der Waals surface area contributed by atoms with Crippen LogP contribution >= 0.6 is 0 Å². The molecule has 1 aromatic heterocycles. The molecule has 16 heavy (non-hydrogen) atoms. The van der Waals surface area contributed by atoms with Gasteiger partial charge in [-0.1, -0.05) is 0 Å². The quantitative estimate of drug-likeness (QED) is 0.822. The Hall–Kier alpha value is -1.36. The number of hydrogen-bond acceptors (Lipinski definition) is 3. The van der Waals surface area contributed by atoms with Crippen LogP contribution in [0.5, 0.6) is 0 Å². The lowest BCUT2D eigenvalue weighted by atomic mass is 10.1. The maximum Gasteiger partial charge on any atom is 0.356 e. The molecule has 2 rings (SSSR count). The fourth-order valence-corrected chi connectivity index (χ4v) is 2.25. The van der Waals surface area contributed by atoms with E-state index < -0.39 is 5.97 Å². The zero-order chi connectivity index (χ0) is 11.7. The molecule has 0 saturated carbocycles. The average Bonchev–Trinajstić information content (AvgIpc) is 2.52. The van der Waals surface area contributed by atoms with Crippen LogP contribution in [0.3, 0.4) is 0 Å². The number of carboxylic acids is 1. The second-order valence-electron chi connectivity index (χ2n) is 4.46. The highest BCUT2D eigenvalue weighted by Gasteiger charge is 2.24. The number of carbonyl (C=O) groups is 1. The number of fused-ring (bicyclic) bond motifs is 1. The molecule has 0 spiro atoms. The molecule has 1 aliphatic rings. The van der Waals surface area contributed by atoms with Gasteiger partial charge in [0, 0.05) is 6.54 Å². The van der Waals surface area contributed by atoms with Gasteiger partial charge in [-0.2, -0.15) is 5.10 Å². The summed E-state index contributed by atoms with van der Waals surface area (Å²) in [7, 11) is 4.04. The van der Waals surface area contributed by atoms with Gasteiger partial charge in [0.05, 0.1) is 11.7 Å². The summed E-state index contributed by atoms with van der Waals surface area (Å²) in [4.78, 5) is 13.0. The van der Waals surface area contributed by atoms with Gasteiger partial charge >= 0.3 is 5.97 Å². The summed E-state index contributed by atoms with van der Waals surface area (Å²) in [5, 5.41) is 13.1. The molecule has 1 aliphatic heterocycles. The number of aromatic carboxylic acids is 1. The first kappa shape index (κ1) is 11.1. The first-order valence-electron chi connectivity index (χ1n) is 5.57. The van der Waals surface area contributed by atoms with E-state index in [1.807, 2.05) is 18.8 Å². The van der Waals surface area contributed by atoms with Crippen LogP contribution in [0.1, 0.15) is 41.5 Å². The van der Waals surface area contributed by atoms with Crippen LogP contribution in [0.25, 0.3) is 0 Å². The Bertz CT molecular complexity index is 398. The Kier molecular flexibility index (Phi) is 2.96. The highest BCUT2D eigenvalue weighted by molar-refractivity contribution is 5.85. The lowest BCUT2D eigenvalue weighted by molar-refractivity contribution is 0.0689. The number of aryl methyl sites for hydroxylation is 1. The fraction of sp³-hybridized carbons (Fsp3) is 0.636. The van der Waals surface area contributed by atoms with Crippen molar-refractivity contribution in [3.05, 3.63) is 17.5 Å². The molecule has 1 unspecified atom stereocenters. The Morgan fingerprint density at radius 3 is 2.94 bits per heavy atom. The van der Waals surface area contributed by atoms with E-state index in [1.165, 1.54) is 0 Å². The smallest absolute Gasteiger partial charge is 0.356 e. The largest absolute Gasteiger partial charge is 0.476 e. The van der Waals surface area contributed by atoms with E-state index in [9.17, 15) is 4.79 Å². The van der Waals surface area contributed by atoms with E-state index in [0.29, 0.717) is 0 Å². The molecule has 1 atom stereocenters. The van der Waals surface area contributed by atoms with Gasteiger partial charge in [-0.05, 0) is 39.4 Å². The van der Waals surface area contributed by atoms with Crippen LogP contribution < -0.4 is 0 Å². The lowest BCUT2D eigenvalue weighted by Crippen LogP contribution is -2.21. The van der Waals surface area contributed by atoms with Gasteiger partial charge < -0.3 is 10.0 Å². The third-order valence-electron chi connectivity index (χ3n) is 3.09. The zero-order valence-corrected chi connectivity index (χ0v) is 9.68. The molecule has 0 aromatic carbocycles. The molecular weight excluding hydrogens is 206 g/mol. The molecule has 0 bridgehead atoms. The molecule has 88 valence electrons. The minimum Gasteiger partial charge on any atom is -0.476 e. The van der Waals surface area contributed by atoms with Crippen molar-refractivity contribution < 1.29 is 9.90 Å². The predicted octanol–water partition coefficient (Wildman–Crippen LogP) is 1.37. The van der Waals surface area contributed by atoms with Crippen molar-refractivity contribution in [3.63, 3.8) is 0 Å². The van der Waals surface area contributed by atoms with Crippen molar-refractivity contribution in [2.75, 3.05) is 14.1 Å². The number of hydrogen-bond donors (Lipinski definition) is 1.